The molecule has 2 heterocycles. The molecule has 174 valence electrons. The Morgan fingerprint density at radius 1 is 0.939 bits per heavy atom. The largest absolute Gasteiger partial charge is 0.342 e. The molecule has 0 N–H and O–H groups in total. The number of carbonyl (C=O) groups excluding carboxylic acids is 2. The molecule has 1 spiro atoms. The molecule has 0 aromatic heterocycles. The highest BCUT2D eigenvalue weighted by atomic mass is 19.1. The van der Waals surface area contributed by atoms with Gasteiger partial charge in [-0.15, -0.1) is 0 Å². The molecule has 2 aromatic carbocycles. The minimum absolute atomic E-state index is 0.174. The zero-order valence-corrected chi connectivity index (χ0v) is 19.3. The molecule has 5 heteroatoms. The molecule has 0 unspecified atom stereocenters. The number of likely N-dealkylation sites (tertiary alicyclic amines) is 1. The van der Waals surface area contributed by atoms with Crippen LogP contribution in [0.25, 0.3) is 0 Å². The van der Waals surface area contributed by atoms with Crippen molar-refractivity contribution in [2.45, 2.75) is 64.5 Å². The summed E-state index contributed by atoms with van der Waals surface area (Å²) in [5, 5.41) is 0. The van der Waals surface area contributed by atoms with Crippen molar-refractivity contribution in [2.24, 2.45) is 11.3 Å². The van der Waals surface area contributed by atoms with Crippen LogP contribution >= 0.6 is 0 Å². The van der Waals surface area contributed by atoms with Gasteiger partial charge in [0.25, 0.3) is 0 Å². The number of hydrogen-bond donors (Lipinski definition) is 0. The number of benzene rings is 2. The maximum Gasteiger partial charge on any atom is 0.229 e. The third kappa shape index (κ3) is 4.55. The van der Waals surface area contributed by atoms with Gasteiger partial charge in [-0.05, 0) is 60.9 Å². The number of fused-ring (bicyclic) bond motifs is 1. The fourth-order valence-electron chi connectivity index (χ4n) is 6.03. The number of hydrogen-bond acceptors (Lipinski definition) is 2. The first-order valence-corrected chi connectivity index (χ1v) is 12.4. The van der Waals surface area contributed by atoms with Gasteiger partial charge in [-0.2, -0.15) is 0 Å². The summed E-state index contributed by atoms with van der Waals surface area (Å²) in [7, 11) is 0. The van der Waals surface area contributed by atoms with Gasteiger partial charge in [-0.3, -0.25) is 9.59 Å². The van der Waals surface area contributed by atoms with Crippen LogP contribution < -0.4 is 0 Å². The second-order valence-electron chi connectivity index (χ2n) is 10.2. The Kier molecular flexibility index (Phi) is 6.22. The highest BCUT2D eigenvalue weighted by Gasteiger charge is 2.46. The average molecular weight is 449 g/mol. The van der Waals surface area contributed by atoms with Crippen molar-refractivity contribution >= 4 is 11.8 Å². The molecule has 0 bridgehead atoms. The van der Waals surface area contributed by atoms with Crippen molar-refractivity contribution in [1.82, 2.24) is 9.80 Å². The lowest BCUT2D eigenvalue weighted by Gasteiger charge is -2.43. The smallest absolute Gasteiger partial charge is 0.229 e. The molecule has 33 heavy (non-hydrogen) atoms. The van der Waals surface area contributed by atoms with Gasteiger partial charge in [-0.1, -0.05) is 55.7 Å². The van der Waals surface area contributed by atoms with Gasteiger partial charge in [0.05, 0.1) is 5.41 Å². The van der Waals surface area contributed by atoms with Gasteiger partial charge in [0.15, 0.2) is 0 Å². The van der Waals surface area contributed by atoms with E-state index in [0.29, 0.717) is 44.9 Å². The van der Waals surface area contributed by atoms with Gasteiger partial charge in [-0.25, -0.2) is 4.39 Å². The molecule has 2 aromatic rings. The van der Waals surface area contributed by atoms with Crippen molar-refractivity contribution in [2.75, 3.05) is 13.1 Å². The highest BCUT2D eigenvalue weighted by molar-refractivity contribution is 5.85. The fraction of sp³-hybridized carbons (Fsp3) is 0.500. The second-order valence-corrected chi connectivity index (χ2v) is 10.2. The fourth-order valence-corrected chi connectivity index (χ4v) is 6.03. The second kappa shape index (κ2) is 9.28. The van der Waals surface area contributed by atoms with E-state index in [4.69, 9.17) is 0 Å². The zero-order chi connectivity index (χ0) is 22.8. The topological polar surface area (TPSA) is 40.6 Å². The number of nitrogens with zero attached hydrogens (tertiary/aromatic N) is 2. The number of halogens is 1. The number of amides is 2. The molecule has 5 rings (SSSR count). The van der Waals surface area contributed by atoms with Crippen LogP contribution in [0.3, 0.4) is 0 Å². The molecule has 3 aliphatic rings. The van der Waals surface area contributed by atoms with Crippen LogP contribution in [0.15, 0.2) is 48.5 Å². The van der Waals surface area contributed by atoms with E-state index < -0.39 is 5.41 Å². The van der Waals surface area contributed by atoms with Crippen molar-refractivity contribution in [3.63, 3.8) is 0 Å². The Hall–Kier alpha value is -2.69. The van der Waals surface area contributed by atoms with E-state index >= 15 is 0 Å². The Bertz CT molecular complexity index is 1000. The normalized spacial score (nSPS) is 21.1. The highest BCUT2D eigenvalue weighted by Crippen LogP contribution is 2.41. The van der Waals surface area contributed by atoms with Crippen molar-refractivity contribution in [3.05, 3.63) is 71.0 Å². The summed E-state index contributed by atoms with van der Waals surface area (Å²) in [5.74, 6) is 0.382. The molecule has 2 amide bonds. The van der Waals surface area contributed by atoms with Crippen LogP contribution in [0.1, 0.15) is 61.6 Å². The van der Waals surface area contributed by atoms with Crippen LogP contribution in [-0.4, -0.2) is 34.7 Å². The average Bonchev–Trinajstić information content (AvgIpc) is 2.96. The lowest BCUT2D eigenvalue weighted by Crippen LogP contribution is -2.52. The predicted molar refractivity (Wildman–Crippen MR) is 126 cm³/mol. The van der Waals surface area contributed by atoms with Crippen LogP contribution in [-0.2, 0) is 29.1 Å². The third-order valence-electron chi connectivity index (χ3n) is 8.02. The Balaban J connectivity index is 1.37. The van der Waals surface area contributed by atoms with Gasteiger partial charge in [0.1, 0.15) is 5.82 Å². The lowest BCUT2D eigenvalue weighted by molar-refractivity contribution is -0.150. The third-order valence-corrected chi connectivity index (χ3v) is 8.02. The van der Waals surface area contributed by atoms with E-state index in [1.807, 2.05) is 21.9 Å². The van der Waals surface area contributed by atoms with Gasteiger partial charge in [0.2, 0.25) is 11.8 Å². The summed E-state index contributed by atoms with van der Waals surface area (Å²) in [6.07, 6.45) is 7.72. The first-order valence-electron chi connectivity index (χ1n) is 12.4. The first-order chi connectivity index (χ1) is 16.0. The molecule has 1 saturated carbocycles. The molecule has 1 aliphatic carbocycles. The van der Waals surface area contributed by atoms with E-state index in [1.54, 1.807) is 12.1 Å². The van der Waals surface area contributed by atoms with Crippen molar-refractivity contribution in [3.8, 4) is 0 Å². The molecule has 0 radical (unpaired) electrons. The standard InChI is InChI=1S/C28H33FN2O2/c29-25-12-10-21(11-13-25)19-31-20-24-9-5-4-8-23(24)18-28(27(31)33)14-16-30(17-15-28)26(32)22-6-2-1-3-7-22/h4-5,8-13,22H,1-3,6-7,14-20H2. The van der Waals surface area contributed by atoms with Crippen LogP contribution in [0, 0.1) is 17.2 Å². The van der Waals surface area contributed by atoms with Gasteiger partial charge < -0.3 is 9.80 Å². The molecular weight excluding hydrogens is 415 g/mol. The monoisotopic (exact) mass is 448 g/mol. The number of rotatable bonds is 3. The summed E-state index contributed by atoms with van der Waals surface area (Å²) in [6, 6.07) is 14.8. The number of carbonyl (C=O) groups is 2. The van der Waals surface area contributed by atoms with Crippen LogP contribution in [0.2, 0.25) is 0 Å². The minimum Gasteiger partial charge on any atom is -0.342 e. The quantitative estimate of drug-likeness (QED) is 0.656. The zero-order valence-electron chi connectivity index (χ0n) is 19.3. The van der Waals surface area contributed by atoms with Crippen LogP contribution in [0.5, 0.6) is 0 Å². The molecule has 2 fully saturated rings. The molecule has 2 aliphatic heterocycles. The van der Waals surface area contributed by atoms with Crippen LogP contribution in [0.4, 0.5) is 4.39 Å². The van der Waals surface area contributed by atoms with E-state index in [1.165, 1.54) is 29.7 Å². The molecule has 4 nitrogen and oxygen atoms in total. The predicted octanol–water partition coefficient (Wildman–Crippen LogP) is 5.10. The maximum atomic E-state index is 14.0. The van der Waals surface area contributed by atoms with E-state index in [2.05, 4.69) is 12.1 Å². The maximum absolute atomic E-state index is 14.0. The summed E-state index contributed by atoms with van der Waals surface area (Å²) in [4.78, 5) is 31.1. The summed E-state index contributed by atoms with van der Waals surface area (Å²) in [6.45, 7) is 2.36. The molecule has 0 atom stereocenters. The van der Waals surface area contributed by atoms with Crippen molar-refractivity contribution in [1.29, 1.82) is 0 Å². The summed E-state index contributed by atoms with van der Waals surface area (Å²) < 4.78 is 13.4. The van der Waals surface area contributed by atoms with Gasteiger partial charge >= 0.3 is 0 Å². The first kappa shape index (κ1) is 22.1. The van der Waals surface area contributed by atoms with E-state index in [-0.39, 0.29) is 17.6 Å². The molecule has 1 saturated heterocycles. The van der Waals surface area contributed by atoms with Gasteiger partial charge in [0, 0.05) is 32.1 Å². The minimum atomic E-state index is -0.476. The Morgan fingerprint density at radius 3 is 2.30 bits per heavy atom. The summed E-state index contributed by atoms with van der Waals surface area (Å²) in [5.41, 5.74) is 2.88. The lowest BCUT2D eigenvalue weighted by atomic mass is 9.72. The SMILES string of the molecule is O=C(C1CCCCC1)N1CCC2(CC1)Cc1ccccc1CN(Cc1ccc(F)cc1)C2=O. The molecular formula is C28H33FN2O2. The Morgan fingerprint density at radius 2 is 1.61 bits per heavy atom. The van der Waals surface area contributed by atoms with Crippen molar-refractivity contribution < 1.29 is 14.0 Å². The van der Waals surface area contributed by atoms with E-state index in [0.717, 1.165) is 37.7 Å². The Labute approximate surface area is 195 Å². The van der Waals surface area contributed by atoms with E-state index in [9.17, 15) is 14.0 Å². The summed E-state index contributed by atoms with van der Waals surface area (Å²) >= 11 is 0. The number of piperidine rings is 1.